The van der Waals surface area contributed by atoms with Crippen LogP contribution in [0.15, 0.2) is 47.6 Å². The van der Waals surface area contributed by atoms with Gasteiger partial charge in [-0.1, -0.05) is 71.1 Å². The van der Waals surface area contributed by atoms with Crippen LogP contribution in [0.3, 0.4) is 0 Å². The van der Waals surface area contributed by atoms with Gasteiger partial charge in [0.25, 0.3) is 11.7 Å². The third-order valence-electron chi connectivity index (χ3n) is 15.3. The van der Waals surface area contributed by atoms with Crippen LogP contribution < -0.4 is 0 Å². The third kappa shape index (κ3) is 17.1. The number of Topliss-reactive ketones (excluding diaryl/α,β-unsaturated/α-hetero) is 3. The highest BCUT2D eigenvalue weighted by molar-refractivity contribution is 7.48. The summed E-state index contributed by atoms with van der Waals surface area (Å²) in [4.78, 5) is 72.5. The van der Waals surface area contributed by atoms with Gasteiger partial charge in [0.1, 0.15) is 30.1 Å². The van der Waals surface area contributed by atoms with E-state index in [9.17, 15) is 38.8 Å². The molecule has 2 saturated heterocycles. The number of nitrogens with zero attached hydrogens (tertiary/aromatic N) is 1. The van der Waals surface area contributed by atoms with Crippen LogP contribution >= 0.6 is 7.82 Å². The van der Waals surface area contributed by atoms with Crippen molar-refractivity contribution >= 4 is 37.0 Å². The molecule has 18 heteroatoms. The fourth-order valence-electron chi connectivity index (χ4n) is 10.8. The first-order valence-corrected chi connectivity index (χ1v) is 28.1. The normalized spacial score (nSPS) is 37.5. The number of carbonyl (C=O) groups is 5. The minimum atomic E-state index is -3.84. The van der Waals surface area contributed by atoms with E-state index in [0.29, 0.717) is 69.8 Å². The van der Waals surface area contributed by atoms with Gasteiger partial charge in [-0.15, -0.1) is 0 Å². The van der Waals surface area contributed by atoms with Crippen molar-refractivity contribution in [3.05, 3.63) is 47.6 Å². The molecule has 4 aliphatic rings. The molecule has 3 fully saturated rings. The third-order valence-corrected chi connectivity index (χ3v) is 17.0. The summed E-state index contributed by atoms with van der Waals surface area (Å²) >= 11 is 0. The van der Waals surface area contributed by atoms with Crippen LogP contribution in [0.2, 0.25) is 0 Å². The Morgan fingerprint density at radius 1 is 0.836 bits per heavy atom. The van der Waals surface area contributed by atoms with E-state index < -0.39 is 104 Å². The van der Waals surface area contributed by atoms with Crippen molar-refractivity contribution in [3.63, 3.8) is 0 Å². The molecule has 3 aliphatic heterocycles. The molecule has 17 nitrogen and oxygen atoms in total. The Morgan fingerprint density at radius 3 is 2.18 bits per heavy atom. The first-order valence-electron chi connectivity index (χ1n) is 26.6. The number of piperidine rings is 1. The van der Waals surface area contributed by atoms with Gasteiger partial charge in [-0.05, 0) is 121 Å². The van der Waals surface area contributed by atoms with Crippen molar-refractivity contribution < 1.29 is 76.0 Å². The lowest BCUT2D eigenvalue weighted by atomic mass is 9.78. The van der Waals surface area contributed by atoms with Gasteiger partial charge in [-0.3, -0.25) is 32.7 Å². The second-order valence-corrected chi connectivity index (χ2v) is 22.6. The highest BCUT2D eigenvalue weighted by Crippen LogP contribution is 2.53. The first-order chi connectivity index (χ1) is 34.6. The summed E-state index contributed by atoms with van der Waals surface area (Å²) in [6.45, 7) is 16.3. The second-order valence-electron chi connectivity index (χ2n) is 20.9. The molecule has 1 amide bonds. The maximum atomic E-state index is 14.6. The number of hydrogen-bond acceptors (Lipinski definition) is 16. The van der Waals surface area contributed by atoms with Crippen LogP contribution in [0.4, 0.5) is 0 Å². The topological polar surface area (TPSA) is 220 Å². The molecule has 414 valence electrons. The van der Waals surface area contributed by atoms with Gasteiger partial charge in [0, 0.05) is 58.5 Å². The smallest absolute Gasteiger partial charge is 0.460 e. The number of phosphoric acid groups is 1. The average Bonchev–Trinajstić information content (AvgIpc) is 3.35. The Balaban J connectivity index is 1.70. The number of allylic oxidation sites excluding steroid dienone is 6. The Hall–Kier alpha value is -3.22. The van der Waals surface area contributed by atoms with Crippen molar-refractivity contribution in [2.45, 2.75) is 194 Å². The van der Waals surface area contributed by atoms with E-state index >= 15 is 0 Å². The number of aliphatic hydroxyl groups is 2. The maximum Gasteiger partial charge on any atom is 0.475 e. The van der Waals surface area contributed by atoms with Crippen molar-refractivity contribution in [1.29, 1.82) is 0 Å². The molecular formula is C55H88NO16P. The monoisotopic (exact) mass is 1050 g/mol. The Labute approximate surface area is 434 Å². The number of amides is 1. The van der Waals surface area contributed by atoms with Crippen LogP contribution in [-0.4, -0.2) is 140 Å². The number of fused-ring (bicyclic) bond motifs is 3. The molecule has 0 aromatic heterocycles. The maximum absolute atomic E-state index is 14.6. The average molecular weight is 1050 g/mol. The van der Waals surface area contributed by atoms with Crippen LogP contribution in [0.25, 0.3) is 0 Å². The summed E-state index contributed by atoms with van der Waals surface area (Å²) in [5.74, 6) is -8.40. The zero-order valence-corrected chi connectivity index (χ0v) is 46.6. The largest absolute Gasteiger partial charge is 0.475 e. The molecule has 2 unspecified atom stereocenters. The lowest BCUT2D eigenvalue weighted by molar-refractivity contribution is -0.265. The molecule has 0 aromatic rings. The SMILES string of the molecule is CCOP(=O)(OCC)O[C@@H]1CC[C@@H](C[C@@H](C)[C@@H]2CC(=O)[C@H](C)/C=C(\C)[C@@H](O)[C@@H](OC)C(=O)[C@H](C)C[C@H](C)/C=C/C=C/C=C(\C)[C@@H](OC)CC3CC[C@@H](C)[C@@](O)(O3)C(=O)C(=O)N3CCCCC3C(=O)O2)C[C@H]1OC. The number of esters is 1. The minimum absolute atomic E-state index is 0.00167. The van der Waals surface area contributed by atoms with E-state index in [1.54, 1.807) is 61.8 Å². The Kier molecular flexibility index (Phi) is 25.0. The number of cyclic esters (lactones) is 1. The standard InChI is InChI=1S/C55H88NO16P/c1-13-68-73(64,69-14-2)72-45-26-24-41(31-48(45)66-11)30-37(6)47-33-44(57)36(5)29-39(8)50(59)51(67-12)49(58)38(7)28-34(3)20-16-15-17-21-35(4)46(65-10)32-42-25-23-40(9)55(63,71-42)52(60)53(61)56-27-19-18-22-43(56)54(62)70-47/h15-17,20-21,29,34,36-38,40-43,45-48,50-51,59,63H,13-14,18-19,22-28,30-33H2,1-12H3/b17-15+,20-16+,35-21+,39-29+/t34-,36-,37-,38-,40-,41+,42?,43?,45-,46+,47+,48-,50-,51+,55-/m1/s1. The van der Waals surface area contributed by atoms with E-state index in [1.807, 2.05) is 51.2 Å². The van der Waals surface area contributed by atoms with Crippen molar-refractivity contribution in [1.82, 2.24) is 4.90 Å². The van der Waals surface area contributed by atoms with Gasteiger partial charge in [0.05, 0.1) is 37.6 Å². The highest BCUT2D eigenvalue weighted by Gasteiger charge is 2.53. The summed E-state index contributed by atoms with van der Waals surface area (Å²) in [5.41, 5.74) is 1.23. The number of carbonyl (C=O) groups excluding carboxylic acids is 5. The van der Waals surface area contributed by atoms with Gasteiger partial charge >= 0.3 is 13.8 Å². The van der Waals surface area contributed by atoms with Crippen LogP contribution in [0.5, 0.6) is 0 Å². The Morgan fingerprint density at radius 2 is 1.53 bits per heavy atom. The van der Waals surface area contributed by atoms with Gasteiger partial charge < -0.3 is 38.8 Å². The predicted octanol–water partition coefficient (Wildman–Crippen LogP) is 8.39. The molecule has 0 radical (unpaired) electrons. The quantitative estimate of drug-likeness (QED) is 0.0811. The highest BCUT2D eigenvalue weighted by atomic mass is 31.2. The number of ketones is 3. The summed E-state index contributed by atoms with van der Waals surface area (Å²) in [6.07, 6.45) is 10.3. The molecule has 1 saturated carbocycles. The molecule has 0 aromatic carbocycles. The zero-order valence-electron chi connectivity index (χ0n) is 45.7. The van der Waals surface area contributed by atoms with Gasteiger partial charge in [-0.2, -0.15) is 0 Å². The first kappa shape index (κ1) is 62.3. The lowest BCUT2D eigenvalue weighted by Crippen LogP contribution is -2.61. The van der Waals surface area contributed by atoms with E-state index in [0.717, 1.165) is 5.57 Å². The van der Waals surface area contributed by atoms with Crippen LogP contribution in [0, 0.1) is 35.5 Å². The predicted molar refractivity (Wildman–Crippen MR) is 275 cm³/mol. The lowest BCUT2D eigenvalue weighted by Gasteiger charge is -2.42. The number of aliphatic hydroxyl groups excluding tert-OH is 1. The molecule has 0 spiro atoms. The summed E-state index contributed by atoms with van der Waals surface area (Å²) in [7, 11) is 0.650. The van der Waals surface area contributed by atoms with Gasteiger partial charge in [0.15, 0.2) is 5.78 Å². The number of phosphoric ester groups is 1. The number of methoxy groups -OCH3 is 3. The fraction of sp³-hybridized carbons (Fsp3) is 0.764. The molecule has 4 rings (SSSR count). The molecular weight excluding hydrogens is 962 g/mol. The minimum Gasteiger partial charge on any atom is -0.460 e. The van der Waals surface area contributed by atoms with E-state index in [2.05, 4.69) is 0 Å². The van der Waals surface area contributed by atoms with Crippen LogP contribution in [-0.2, 0) is 65.8 Å². The Bertz CT molecular complexity index is 2010. The summed E-state index contributed by atoms with van der Waals surface area (Å²) in [5, 5.41) is 23.5. The van der Waals surface area contributed by atoms with Crippen molar-refractivity contribution in [2.24, 2.45) is 35.5 Å². The molecule has 2 bridgehead atoms. The van der Waals surface area contributed by atoms with Gasteiger partial charge in [0.2, 0.25) is 5.79 Å². The van der Waals surface area contributed by atoms with E-state index in [1.165, 1.54) is 12.0 Å². The fourth-order valence-corrected chi connectivity index (χ4v) is 12.2. The molecule has 2 N–H and O–H groups in total. The van der Waals surface area contributed by atoms with E-state index in [4.69, 9.17) is 37.3 Å². The van der Waals surface area contributed by atoms with Crippen LogP contribution in [0.1, 0.15) is 139 Å². The number of hydrogen-bond donors (Lipinski definition) is 2. The molecule has 73 heavy (non-hydrogen) atoms. The second kappa shape index (κ2) is 29.3. The molecule has 1 aliphatic carbocycles. The summed E-state index contributed by atoms with van der Waals surface area (Å²) in [6, 6.07) is -1.18. The summed E-state index contributed by atoms with van der Waals surface area (Å²) < 4.78 is 59.9. The molecule has 3 heterocycles. The molecule has 15 atom stereocenters. The zero-order chi connectivity index (χ0) is 54.2. The van der Waals surface area contributed by atoms with Crippen molar-refractivity contribution in [3.8, 4) is 0 Å². The number of ether oxygens (including phenoxy) is 5. The van der Waals surface area contributed by atoms with Crippen molar-refractivity contribution in [2.75, 3.05) is 41.1 Å². The number of rotatable bonds is 12. The van der Waals surface area contributed by atoms with E-state index in [-0.39, 0.29) is 56.0 Å². The van der Waals surface area contributed by atoms with Gasteiger partial charge in [-0.25, -0.2) is 9.36 Å².